The van der Waals surface area contributed by atoms with Crippen molar-refractivity contribution in [3.63, 3.8) is 0 Å². The predicted octanol–water partition coefficient (Wildman–Crippen LogP) is 3.77. The molecule has 0 aromatic heterocycles. The Morgan fingerprint density at radius 3 is 2.52 bits per heavy atom. The molecule has 0 saturated heterocycles. The lowest BCUT2D eigenvalue weighted by Gasteiger charge is -2.14. The Kier molecular flexibility index (Phi) is 7.47. The summed E-state index contributed by atoms with van der Waals surface area (Å²) in [6.45, 7) is 1.43. The Morgan fingerprint density at radius 2 is 1.88 bits per heavy atom. The Hall–Kier alpha value is -1.85. The van der Waals surface area contributed by atoms with Gasteiger partial charge in [-0.2, -0.15) is 0 Å². The number of amides is 1. The molecule has 2 aromatic rings. The zero-order valence-corrected chi connectivity index (χ0v) is 16.6. The van der Waals surface area contributed by atoms with Gasteiger partial charge in [-0.25, -0.2) is 0 Å². The van der Waals surface area contributed by atoms with Crippen LogP contribution in [0.1, 0.15) is 23.1 Å². The van der Waals surface area contributed by atoms with Crippen molar-refractivity contribution in [2.24, 2.45) is 0 Å². The molecular weight excluding hydrogens is 380 g/mol. The first-order valence-corrected chi connectivity index (χ1v) is 9.09. The lowest BCUT2D eigenvalue weighted by Crippen LogP contribution is -2.24. The summed E-state index contributed by atoms with van der Waals surface area (Å²) in [5, 5.41) is 3.03. The van der Waals surface area contributed by atoms with Crippen LogP contribution in [0.3, 0.4) is 0 Å². The van der Waals surface area contributed by atoms with Crippen molar-refractivity contribution < 1.29 is 9.53 Å². The fraction of sp³-hybridized carbons (Fsp3) is 0.350. The van der Waals surface area contributed by atoms with E-state index in [1.165, 1.54) is 5.56 Å². The predicted molar refractivity (Wildman–Crippen MR) is 105 cm³/mol. The summed E-state index contributed by atoms with van der Waals surface area (Å²) in [6.07, 6.45) is 1.17. The van der Waals surface area contributed by atoms with Gasteiger partial charge in [-0.15, -0.1) is 0 Å². The van der Waals surface area contributed by atoms with Gasteiger partial charge < -0.3 is 15.0 Å². The van der Waals surface area contributed by atoms with E-state index < -0.39 is 0 Å². The maximum atomic E-state index is 12.2. The number of carbonyl (C=O) groups is 1. The minimum absolute atomic E-state index is 0.0617. The van der Waals surface area contributed by atoms with Crippen molar-refractivity contribution >= 4 is 21.8 Å². The summed E-state index contributed by atoms with van der Waals surface area (Å²) >= 11 is 3.47. The van der Waals surface area contributed by atoms with Gasteiger partial charge in [0.15, 0.2) is 0 Å². The summed E-state index contributed by atoms with van der Waals surface area (Å²) in [4.78, 5) is 14.3. The van der Waals surface area contributed by atoms with Crippen LogP contribution in [0.2, 0.25) is 0 Å². The molecule has 0 aliphatic carbocycles. The van der Waals surface area contributed by atoms with E-state index in [4.69, 9.17) is 4.74 Å². The highest BCUT2D eigenvalue weighted by Gasteiger charge is 2.07. The molecular formula is C20H25BrN2O2. The highest BCUT2D eigenvalue weighted by molar-refractivity contribution is 9.10. The van der Waals surface area contributed by atoms with Gasteiger partial charge in [0.2, 0.25) is 5.91 Å². The molecule has 134 valence electrons. The fourth-order valence-electron chi connectivity index (χ4n) is 2.63. The second-order valence-electron chi connectivity index (χ2n) is 6.25. The van der Waals surface area contributed by atoms with E-state index in [2.05, 4.69) is 38.3 Å². The quantitative estimate of drug-likeness (QED) is 0.727. The number of rotatable bonds is 8. The summed E-state index contributed by atoms with van der Waals surface area (Å²) in [5.74, 6) is 0.859. The monoisotopic (exact) mass is 404 g/mol. The molecule has 0 aliphatic heterocycles. The number of aryl methyl sites for hydroxylation is 1. The number of methoxy groups -OCH3 is 1. The van der Waals surface area contributed by atoms with Crippen LogP contribution in [-0.4, -0.2) is 32.0 Å². The largest absolute Gasteiger partial charge is 0.496 e. The Labute approximate surface area is 158 Å². The summed E-state index contributed by atoms with van der Waals surface area (Å²) in [7, 11) is 5.73. The topological polar surface area (TPSA) is 41.6 Å². The van der Waals surface area contributed by atoms with Gasteiger partial charge in [0.1, 0.15) is 5.75 Å². The summed E-state index contributed by atoms with van der Waals surface area (Å²) in [6, 6.07) is 14.1. The van der Waals surface area contributed by atoms with Gasteiger partial charge in [0.05, 0.1) is 11.6 Å². The van der Waals surface area contributed by atoms with E-state index in [1.54, 1.807) is 7.11 Å². The van der Waals surface area contributed by atoms with Crippen molar-refractivity contribution in [2.45, 2.75) is 25.9 Å². The second kappa shape index (κ2) is 9.59. The molecule has 0 saturated carbocycles. The molecule has 1 N–H and O–H groups in total. The van der Waals surface area contributed by atoms with E-state index in [0.29, 0.717) is 19.4 Å². The fourth-order valence-corrected chi connectivity index (χ4v) is 3.22. The molecule has 5 heteroatoms. The van der Waals surface area contributed by atoms with Crippen LogP contribution in [0.5, 0.6) is 5.75 Å². The van der Waals surface area contributed by atoms with E-state index in [9.17, 15) is 4.79 Å². The van der Waals surface area contributed by atoms with Gasteiger partial charge in [-0.1, -0.05) is 30.3 Å². The number of halogens is 1. The van der Waals surface area contributed by atoms with Crippen molar-refractivity contribution in [1.82, 2.24) is 10.2 Å². The second-order valence-corrected chi connectivity index (χ2v) is 7.11. The Balaban J connectivity index is 1.86. The molecule has 0 fully saturated rings. The number of nitrogens with one attached hydrogen (secondary N) is 1. The molecule has 0 spiro atoms. The van der Waals surface area contributed by atoms with Crippen LogP contribution in [0, 0.1) is 0 Å². The molecule has 0 unspecified atom stereocenters. The van der Waals surface area contributed by atoms with Crippen LogP contribution < -0.4 is 10.1 Å². The number of benzene rings is 2. The molecule has 0 atom stereocenters. The van der Waals surface area contributed by atoms with Gasteiger partial charge in [-0.05, 0) is 65.3 Å². The van der Waals surface area contributed by atoms with Gasteiger partial charge in [0.25, 0.3) is 0 Å². The maximum absolute atomic E-state index is 12.2. The average Bonchev–Trinajstić information content (AvgIpc) is 2.59. The number of nitrogens with zero attached hydrogens (tertiary/aromatic N) is 1. The molecule has 1 amide bonds. The number of carbonyl (C=O) groups excluding carboxylic acids is 1. The lowest BCUT2D eigenvalue weighted by molar-refractivity contribution is -0.121. The molecule has 4 nitrogen and oxygen atoms in total. The SMILES string of the molecule is COc1ccc(CCC(=O)NCc2ccccc2CN(C)C)cc1Br. The minimum Gasteiger partial charge on any atom is -0.496 e. The third kappa shape index (κ3) is 6.18. The molecule has 0 heterocycles. The van der Waals surface area contributed by atoms with Gasteiger partial charge in [-0.3, -0.25) is 4.79 Å². The van der Waals surface area contributed by atoms with Crippen LogP contribution in [0.25, 0.3) is 0 Å². The summed E-state index contributed by atoms with van der Waals surface area (Å²) in [5.41, 5.74) is 3.51. The molecule has 0 aliphatic rings. The molecule has 2 aromatic carbocycles. The minimum atomic E-state index is 0.0617. The van der Waals surface area contributed by atoms with E-state index in [1.807, 2.05) is 44.4 Å². The third-order valence-electron chi connectivity index (χ3n) is 3.94. The molecule has 0 radical (unpaired) electrons. The highest BCUT2D eigenvalue weighted by atomic mass is 79.9. The normalized spacial score (nSPS) is 10.8. The first kappa shape index (κ1) is 19.5. The van der Waals surface area contributed by atoms with E-state index in [0.717, 1.165) is 27.9 Å². The van der Waals surface area contributed by atoms with Gasteiger partial charge in [0, 0.05) is 19.5 Å². The van der Waals surface area contributed by atoms with Crippen LogP contribution in [0.15, 0.2) is 46.9 Å². The zero-order valence-electron chi connectivity index (χ0n) is 15.0. The number of hydrogen-bond donors (Lipinski definition) is 1. The lowest BCUT2D eigenvalue weighted by atomic mass is 10.1. The zero-order chi connectivity index (χ0) is 18.2. The first-order valence-electron chi connectivity index (χ1n) is 8.30. The van der Waals surface area contributed by atoms with Crippen LogP contribution >= 0.6 is 15.9 Å². The standard InChI is InChI=1S/C20H25BrN2O2/c1-23(2)14-17-7-5-4-6-16(17)13-22-20(24)11-9-15-8-10-19(25-3)18(21)12-15/h4-8,10,12H,9,11,13-14H2,1-3H3,(H,22,24). The first-order chi connectivity index (χ1) is 12.0. The highest BCUT2D eigenvalue weighted by Crippen LogP contribution is 2.25. The van der Waals surface area contributed by atoms with E-state index >= 15 is 0 Å². The maximum Gasteiger partial charge on any atom is 0.220 e. The number of ether oxygens (including phenoxy) is 1. The third-order valence-corrected chi connectivity index (χ3v) is 4.56. The Bertz CT molecular complexity index is 717. The molecule has 2 rings (SSSR count). The van der Waals surface area contributed by atoms with Gasteiger partial charge >= 0.3 is 0 Å². The Morgan fingerprint density at radius 1 is 1.16 bits per heavy atom. The molecule has 0 bridgehead atoms. The van der Waals surface area contributed by atoms with Crippen molar-refractivity contribution in [3.8, 4) is 5.75 Å². The summed E-state index contributed by atoms with van der Waals surface area (Å²) < 4.78 is 6.13. The number of hydrogen-bond acceptors (Lipinski definition) is 3. The van der Waals surface area contributed by atoms with Crippen LogP contribution in [-0.2, 0) is 24.3 Å². The van der Waals surface area contributed by atoms with Crippen LogP contribution in [0.4, 0.5) is 0 Å². The van der Waals surface area contributed by atoms with Crippen molar-refractivity contribution in [1.29, 1.82) is 0 Å². The average molecular weight is 405 g/mol. The molecule has 25 heavy (non-hydrogen) atoms. The van der Waals surface area contributed by atoms with E-state index in [-0.39, 0.29) is 5.91 Å². The smallest absolute Gasteiger partial charge is 0.220 e. The van der Waals surface area contributed by atoms with Crippen molar-refractivity contribution in [2.75, 3.05) is 21.2 Å². The van der Waals surface area contributed by atoms with Crippen molar-refractivity contribution in [3.05, 3.63) is 63.6 Å².